The van der Waals surface area contributed by atoms with Crippen LogP contribution in [0, 0.1) is 62.3 Å². The van der Waals surface area contributed by atoms with Crippen molar-refractivity contribution in [3.63, 3.8) is 0 Å². The number of hydrogen-bond donors (Lipinski definition) is 1. The van der Waals surface area contributed by atoms with E-state index in [4.69, 9.17) is 0 Å². The molecule has 0 radical (unpaired) electrons. The van der Waals surface area contributed by atoms with Crippen molar-refractivity contribution in [2.45, 2.75) is 62.3 Å². The Hall–Kier alpha value is -7.86. The molecule has 0 amide bonds. The third-order valence-electron chi connectivity index (χ3n) is 12.8. The van der Waals surface area contributed by atoms with E-state index in [-0.39, 0.29) is 0 Å². The van der Waals surface area contributed by atoms with E-state index < -0.39 is 0 Å². The molecule has 0 bridgehead atoms. The van der Waals surface area contributed by atoms with Crippen molar-refractivity contribution in [1.29, 1.82) is 0 Å². The average Bonchev–Trinajstić information content (AvgIpc) is 3.35. The Bertz CT molecular complexity index is 2850. The summed E-state index contributed by atoms with van der Waals surface area (Å²) in [6.45, 7) is 20.0. The maximum absolute atomic E-state index is 4.50. The van der Waals surface area contributed by atoms with Gasteiger partial charge in [0.05, 0.1) is 0 Å². The van der Waals surface area contributed by atoms with Crippen LogP contribution in [0.15, 0.2) is 200 Å². The molecule has 0 aromatic heterocycles. The predicted molar refractivity (Wildman–Crippen MR) is 298 cm³/mol. The molecule has 69 heavy (non-hydrogen) atoms. The van der Waals surface area contributed by atoms with Crippen LogP contribution >= 0.6 is 0 Å². The van der Waals surface area contributed by atoms with E-state index in [1.54, 1.807) is 0 Å². The highest BCUT2D eigenvalue weighted by Gasteiger charge is 2.26. The summed E-state index contributed by atoms with van der Waals surface area (Å²) in [5.74, 6) is 0. The molecule has 0 aliphatic rings. The predicted octanol–water partition coefficient (Wildman–Crippen LogP) is 17.9. The fraction of sp³-hybridized carbons (Fsp3) is 0.156. The molecule has 0 atom stereocenters. The van der Waals surface area contributed by atoms with Gasteiger partial charge in [0, 0.05) is 68.2 Å². The maximum Gasteiger partial charge on any atom is 0.0495 e. The van der Waals surface area contributed by atoms with Crippen molar-refractivity contribution < 1.29 is 0 Å². The Morgan fingerprint density at radius 1 is 0.217 bits per heavy atom. The van der Waals surface area contributed by atoms with Gasteiger partial charge in [0.15, 0.2) is 0 Å². The van der Waals surface area contributed by atoms with E-state index in [0.717, 1.165) is 68.2 Å². The molecule has 0 heterocycles. The van der Waals surface area contributed by atoms with E-state index in [1.165, 1.54) is 57.1 Å². The molecule has 0 saturated heterocycles. The lowest BCUT2D eigenvalue weighted by Gasteiger charge is -2.35. The second kappa shape index (κ2) is 21.0. The third kappa shape index (κ3) is 10.1. The zero-order valence-corrected chi connectivity index (χ0v) is 41.9. The Morgan fingerprint density at radius 2 is 0.420 bits per heavy atom. The van der Waals surface area contributed by atoms with Crippen LogP contribution in [0.3, 0.4) is 0 Å². The number of aryl methyl sites for hydroxylation is 9. The number of hydrogen-bond acceptors (Lipinski definition) is 5. The van der Waals surface area contributed by atoms with Crippen LogP contribution in [0.4, 0.5) is 68.2 Å². The second-order valence-corrected chi connectivity index (χ2v) is 18.1. The van der Waals surface area contributed by atoms with Crippen LogP contribution < -0.4 is 25.3 Å². The Kier molecular flexibility index (Phi) is 14.5. The molecule has 0 aliphatic carbocycles. The molecule has 9 aromatic rings. The van der Waals surface area contributed by atoms with Crippen molar-refractivity contribution in [2.24, 2.45) is 5.73 Å². The fourth-order valence-corrected chi connectivity index (χ4v) is 9.51. The van der Waals surface area contributed by atoms with Gasteiger partial charge in [-0.05, 0) is 229 Å². The van der Waals surface area contributed by atoms with Crippen LogP contribution in [0.5, 0.6) is 0 Å². The number of benzene rings is 9. The monoisotopic (exact) mass is 904 g/mol. The van der Waals surface area contributed by atoms with Gasteiger partial charge in [0.1, 0.15) is 0 Å². The first-order chi connectivity index (χ1) is 33.4. The molecule has 0 aliphatic heterocycles. The second-order valence-electron chi connectivity index (χ2n) is 18.1. The van der Waals surface area contributed by atoms with E-state index in [1.807, 2.05) is 0 Å². The minimum atomic E-state index is 1.12. The highest BCUT2D eigenvalue weighted by Crippen LogP contribution is 2.49. The number of nitrogens with two attached hydrogens (primary N) is 1. The van der Waals surface area contributed by atoms with Gasteiger partial charge in [0.25, 0.3) is 0 Å². The highest BCUT2D eigenvalue weighted by atomic mass is 15.2. The number of para-hydroxylation sites is 3. The van der Waals surface area contributed by atoms with Crippen molar-refractivity contribution >= 4 is 68.2 Å². The Balaban J connectivity index is 0.00000317. The molecule has 0 unspecified atom stereocenters. The van der Waals surface area contributed by atoms with Gasteiger partial charge < -0.3 is 25.3 Å². The largest absolute Gasteiger partial charge is 0.333 e. The molecule has 5 heteroatoms. The quantitative estimate of drug-likeness (QED) is 0.132. The molecule has 9 aromatic carbocycles. The summed E-state index contributed by atoms with van der Waals surface area (Å²) in [6, 6.07) is 72.9. The topological polar surface area (TPSA) is 39.0 Å². The standard InChI is InChI=1S/C63H60N4.CH5N/c1-43-22-19-31-55(34-43)64(52-25-13-10-14-26-52)58-37-49(7)61(40-46(58)4)67(62-41-47(5)59(38-50(62)8)65(53-27-15-11-16-28-53)56-32-20-23-44(2)35-56)63-42-48(6)60(39-51(63)9)66(54-29-17-12-18-30-54)57-33-21-24-45(3)36-57;1-2/h10-42H,1-9H3;2H2,1H3. The molecule has 0 fully saturated rings. The van der Waals surface area contributed by atoms with Crippen molar-refractivity contribution in [3.8, 4) is 0 Å². The Labute approximate surface area is 411 Å². The smallest absolute Gasteiger partial charge is 0.0495 e. The average molecular weight is 904 g/mol. The number of anilines is 12. The summed E-state index contributed by atoms with van der Waals surface area (Å²) in [5.41, 5.74) is 28.9. The van der Waals surface area contributed by atoms with E-state index in [0.29, 0.717) is 0 Å². The molecular formula is C64H65N5. The fourth-order valence-electron chi connectivity index (χ4n) is 9.51. The van der Waals surface area contributed by atoms with Crippen molar-refractivity contribution in [1.82, 2.24) is 0 Å². The van der Waals surface area contributed by atoms with Gasteiger partial charge >= 0.3 is 0 Å². The normalized spacial score (nSPS) is 10.8. The maximum atomic E-state index is 4.50. The molecule has 9 rings (SSSR count). The first-order valence-corrected chi connectivity index (χ1v) is 23.9. The minimum Gasteiger partial charge on any atom is -0.333 e. The lowest BCUT2D eigenvalue weighted by Crippen LogP contribution is -2.18. The van der Waals surface area contributed by atoms with E-state index in [2.05, 4.69) is 288 Å². The van der Waals surface area contributed by atoms with E-state index in [9.17, 15) is 0 Å². The first-order valence-electron chi connectivity index (χ1n) is 23.9. The highest BCUT2D eigenvalue weighted by molar-refractivity contribution is 5.90. The van der Waals surface area contributed by atoms with E-state index >= 15 is 0 Å². The molecule has 0 spiro atoms. The van der Waals surface area contributed by atoms with Gasteiger partial charge in [-0.2, -0.15) is 0 Å². The van der Waals surface area contributed by atoms with Gasteiger partial charge in [-0.1, -0.05) is 91.0 Å². The molecular weight excluding hydrogens is 839 g/mol. The molecule has 346 valence electrons. The first kappa shape index (κ1) is 47.6. The summed E-state index contributed by atoms with van der Waals surface area (Å²) in [5, 5.41) is 0. The van der Waals surface area contributed by atoms with Crippen LogP contribution in [0.25, 0.3) is 0 Å². The zero-order chi connectivity index (χ0) is 48.8. The molecule has 5 nitrogen and oxygen atoms in total. The Morgan fingerprint density at radius 3 is 0.638 bits per heavy atom. The number of nitrogens with zero attached hydrogens (tertiary/aromatic N) is 4. The van der Waals surface area contributed by atoms with Gasteiger partial charge in [-0.3, -0.25) is 0 Å². The zero-order valence-electron chi connectivity index (χ0n) is 41.9. The van der Waals surface area contributed by atoms with Crippen LogP contribution in [-0.4, -0.2) is 7.05 Å². The van der Waals surface area contributed by atoms with Gasteiger partial charge in [-0.25, -0.2) is 0 Å². The molecule has 0 saturated carbocycles. The lowest BCUT2D eigenvalue weighted by atomic mass is 9.98. The van der Waals surface area contributed by atoms with Crippen molar-refractivity contribution in [2.75, 3.05) is 26.6 Å². The summed E-state index contributed by atoms with van der Waals surface area (Å²) in [6.07, 6.45) is 0. The van der Waals surface area contributed by atoms with Crippen molar-refractivity contribution in [3.05, 3.63) is 250 Å². The minimum absolute atomic E-state index is 1.12. The molecule has 2 N–H and O–H groups in total. The van der Waals surface area contributed by atoms with Gasteiger partial charge in [0.2, 0.25) is 0 Å². The third-order valence-corrected chi connectivity index (χ3v) is 12.8. The summed E-state index contributed by atoms with van der Waals surface area (Å²) in [4.78, 5) is 9.70. The lowest BCUT2D eigenvalue weighted by molar-refractivity contribution is 1.15. The van der Waals surface area contributed by atoms with Gasteiger partial charge in [-0.15, -0.1) is 0 Å². The SMILES string of the molecule is CN.Cc1cccc(N(c2ccccc2)c2cc(C)c(N(c3cc(C)c(N(c4ccccc4)c4cccc(C)c4)cc3C)c3cc(C)c(N(c4ccccc4)c4cccc(C)c4)cc3C)cc2C)c1. The van der Waals surface area contributed by atoms with Crippen LogP contribution in [-0.2, 0) is 0 Å². The van der Waals surface area contributed by atoms with Crippen LogP contribution in [0.2, 0.25) is 0 Å². The summed E-state index contributed by atoms with van der Waals surface area (Å²) < 4.78 is 0. The number of rotatable bonds is 12. The van der Waals surface area contributed by atoms with Crippen LogP contribution in [0.1, 0.15) is 50.1 Å². The summed E-state index contributed by atoms with van der Waals surface area (Å²) in [7, 11) is 1.50. The summed E-state index contributed by atoms with van der Waals surface area (Å²) >= 11 is 0.